The standard InChI is InChI=1S/C11H10BrClFN3/c1-2-8(12)11-6-17(16-15-11)7-3-4-10(14)9(13)5-7/h3-6,8H,2H2,1H3. The van der Waals surface area contributed by atoms with Crippen molar-refractivity contribution in [1.29, 1.82) is 0 Å². The molecule has 0 saturated carbocycles. The van der Waals surface area contributed by atoms with E-state index in [2.05, 4.69) is 26.2 Å². The molecule has 17 heavy (non-hydrogen) atoms. The topological polar surface area (TPSA) is 30.7 Å². The number of alkyl halides is 1. The molecule has 1 aromatic carbocycles. The summed E-state index contributed by atoms with van der Waals surface area (Å²) in [5.41, 5.74) is 1.53. The van der Waals surface area contributed by atoms with Crippen molar-refractivity contribution in [2.45, 2.75) is 18.2 Å². The van der Waals surface area contributed by atoms with E-state index in [9.17, 15) is 4.39 Å². The van der Waals surface area contributed by atoms with Crippen molar-refractivity contribution < 1.29 is 4.39 Å². The lowest BCUT2D eigenvalue weighted by atomic mass is 10.2. The molecule has 0 spiro atoms. The minimum atomic E-state index is -0.442. The average molecular weight is 319 g/mol. The van der Waals surface area contributed by atoms with Crippen molar-refractivity contribution >= 4 is 27.5 Å². The van der Waals surface area contributed by atoms with E-state index in [1.54, 1.807) is 16.9 Å². The van der Waals surface area contributed by atoms with Gasteiger partial charge in [0.05, 0.1) is 27.4 Å². The third kappa shape index (κ3) is 2.66. The Morgan fingerprint density at radius 1 is 1.53 bits per heavy atom. The molecule has 1 atom stereocenters. The maximum absolute atomic E-state index is 13.0. The molecule has 0 aliphatic heterocycles. The van der Waals surface area contributed by atoms with Gasteiger partial charge in [-0.2, -0.15) is 0 Å². The molecule has 6 heteroatoms. The number of aromatic nitrogens is 3. The minimum Gasteiger partial charge on any atom is -0.220 e. The van der Waals surface area contributed by atoms with Gasteiger partial charge in [0.1, 0.15) is 5.82 Å². The summed E-state index contributed by atoms with van der Waals surface area (Å²) in [6.45, 7) is 2.05. The third-order valence-corrected chi connectivity index (χ3v) is 3.76. The van der Waals surface area contributed by atoms with Crippen LogP contribution < -0.4 is 0 Å². The van der Waals surface area contributed by atoms with Crippen LogP contribution >= 0.6 is 27.5 Å². The number of halogens is 3. The number of nitrogens with zero attached hydrogens (tertiary/aromatic N) is 3. The molecule has 0 N–H and O–H groups in total. The highest BCUT2D eigenvalue weighted by Gasteiger charge is 2.11. The Labute approximate surface area is 112 Å². The zero-order valence-electron chi connectivity index (χ0n) is 9.07. The fourth-order valence-corrected chi connectivity index (χ4v) is 1.77. The summed E-state index contributed by atoms with van der Waals surface area (Å²) in [6, 6.07) is 4.43. The van der Waals surface area contributed by atoms with Crippen LogP contribution in [0, 0.1) is 5.82 Å². The van der Waals surface area contributed by atoms with Gasteiger partial charge < -0.3 is 0 Å². The van der Waals surface area contributed by atoms with Crippen molar-refractivity contribution in [3.8, 4) is 5.69 Å². The predicted octanol–water partition coefficient (Wildman–Crippen LogP) is 3.91. The molecule has 0 fully saturated rings. The first-order chi connectivity index (χ1) is 8.11. The van der Waals surface area contributed by atoms with Gasteiger partial charge in [-0.1, -0.05) is 39.7 Å². The van der Waals surface area contributed by atoms with Gasteiger partial charge in [-0.05, 0) is 24.6 Å². The molecule has 0 radical (unpaired) electrons. The van der Waals surface area contributed by atoms with Gasteiger partial charge in [0.15, 0.2) is 0 Å². The predicted molar refractivity (Wildman–Crippen MR) is 68.3 cm³/mol. The fraction of sp³-hybridized carbons (Fsp3) is 0.273. The quantitative estimate of drug-likeness (QED) is 0.803. The van der Waals surface area contributed by atoms with Crippen LogP contribution in [0.3, 0.4) is 0 Å². The molecule has 1 unspecified atom stereocenters. The zero-order chi connectivity index (χ0) is 12.4. The molecule has 2 aromatic rings. The fourth-order valence-electron chi connectivity index (χ4n) is 1.38. The van der Waals surface area contributed by atoms with Gasteiger partial charge in [0.2, 0.25) is 0 Å². The number of hydrogen-bond donors (Lipinski definition) is 0. The summed E-state index contributed by atoms with van der Waals surface area (Å²) in [5, 5.41) is 8.10. The second-order valence-electron chi connectivity index (χ2n) is 3.56. The second kappa shape index (κ2) is 5.14. The Balaban J connectivity index is 2.33. The Morgan fingerprint density at radius 2 is 2.29 bits per heavy atom. The van der Waals surface area contributed by atoms with Crippen LogP contribution in [0.4, 0.5) is 4.39 Å². The van der Waals surface area contributed by atoms with Crippen molar-refractivity contribution in [3.63, 3.8) is 0 Å². The van der Waals surface area contributed by atoms with Crippen LogP contribution in [0.1, 0.15) is 23.9 Å². The van der Waals surface area contributed by atoms with Gasteiger partial charge >= 0.3 is 0 Å². The van der Waals surface area contributed by atoms with Crippen LogP contribution in [0.2, 0.25) is 5.02 Å². The smallest absolute Gasteiger partial charge is 0.141 e. The normalized spacial score (nSPS) is 12.7. The van der Waals surface area contributed by atoms with Crippen molar-refractivity contribution in [2.75, 3.05) is 0 Å². The number of rotatable bonds is 3. The molecule has 0 bridgehead atoms. The maximum atomic E-state index is 13.0. The zero-order valence-corrected chi connectivity index (χ0v) is 11.4. The molecule has 0 saturated heterocycles. The van der Waals surface area contributed by atoms with E-state index in [-0.39, 0.29) is 9.85 Å². The van der Waals surface area contributed by atoms with Crippen LogP contribution in [-0.4, -0.2) is 15.0 Å². The van der Waals surface area contributed by atoms with E-state index >= 15 is 0 Å². The maximum Gasteiger partial charge on any atom is 0.141 e. The second-order valence-corrected chi connectivity index (χ2v) is 5.07. The minimum absolute atomic E-state index is 0.0745. The summed E-state index contributed by atoms with van der Waals surface area (Å²) in [7, 11) is 0. The Bertz CT molecular complexity index is 529. The van der Waals surface area contributed by atoms with Gasteiger partial charge in [0.25, 0.3) is 0 Å². The summed E-state index contributed by atoms with van der Waals surface area (Å²) in [4.78, 5) is 0.173. The van der Waals surface area contributed by atoms with Gasteiger partial charge in [-0.3, -0.25) is 0 Å². The molecule has 1 aromatic heterocycles. The van der Waals surface area contributed by atoms with E-state index in [0.29, 0.717) is 5.69 Å². The van der Waals surface area contributed by atoms with Crippen molar-refractivity contribution in [2.24, 2.45) is 0 Å². The molecular formula is C11H10BrClFN3. The molecule has 1 heterocycles. The molecule has 0 aliphatic rings. The first-order valence-corrected chi connectivity index (χ1v) is 6.43. The highest BCUT2D eigenvalue weighted by molar-refractivity contribution is 9.09. The van der Waals surface area contributed by atoms with Crippen LogP contribution in [-0.2, 0) is 0 Å². The van der Waals surface area contributed by atoms with Gasteiger partial charge in [-0.25, -0.2) is 9.07 Å². The molecule has 90 valence electrons. The molecule has 3 nitrogen and oxygen atoms in total. The Morgan fingerprint density at radius 3 is 2.94 bits per heavy atom. The highest BCUT2D eigenvalue weighted by atomic mass is 79.9. The Hall–Kier alpha value is -0.940. The lowest BCUT2D eigenvalue weighted by molar-refractivity contribution is 0.627. The van der Waals surface area contributed by atoms with E-state index in [1.165, 1.54) is 12.1 Å². The molecule has 0 aliphatic carbocycles. The van der Waals surface area contributed by atoms with E-state index in [4.69, 9.17) is 11.6 Å². The molecular weight excluding hydrogens is 308 g/mol. The average Bonchev–Trinajstić information content (AvgIpc) is 2.81. The summed E-state index contributed by atoms with van der Waals surface area (Å²) in [6.07, 6.45) is 2.72. The Kier molecular flexibility index (Phi) is 3.79. The monoisotopic (exact) mass is 317 g/mol. The van der Waals surface area contributed by atoms with E-state index in [1.807, 2.05) is 6.92 Å². The van der Waals surface area contributed by atoms with Gasteiger partial charge in [-0.15, -0.1) is 5.10 Å². The summed E-state index contributed by atoms with van der Waals surface area (Å²) in [5.74, 6) is -0.442. The van der Waals surface area contributed by atoms with Crippen LogP contribution in [0.15, 0.2) is 24.4 Å². The molecule has 2 rings (SSSR count). The lowest BCUT2D eigenvalue weighted by Gasteiger charge is -2.01. The number of hydrogen-bond acceptors (Lipinski definition) is 2. The first kappa shape index (κ1) is 12.5. The number of benzene rings is 1. The van der Waals surface area contributed by atoms with Crippen LogP contribution in [0.25, 0.3) is 5.69 Å². The SMILES string of the molecule is CCC(Br)c1cn(-c2ccc(F)c(Cl)c2)nn1. The van der Waals surface area contributed by atoms with E-state index < -0.39 is 5.82 Å². The van der Waals surface area contributed by atoms with Crippen molar-refractivity contribution in [3.05, 3.63) is 40.9 Å². The first-order valence-electron chi connectivity index (χ1n) is 5.13. The summed E-state index contributed by atoms with van der Waals surface area (Å²) < 4.78 is 14.6. The highest BCUT2D eigenvalue weighted by Crippen LogP contribution is 2.25. The summed E-state index contributed by atoms with van der Waals surface area (Å²) >= 11 is 9.21. The van der Waals surface area contributed by atoms with Crippen molar-refractivity contribution in [1.82, 2.24) is 15.0 Å². The van der Waals surface area contributed by atoms with Crippen LogP contribution in [0.5, 0.6) is 0 Å². The van der Waals surface area contributed by atoms with Gasteiger partial charge in [0, 0.05) is 0 Å². The third-order valence-electron chi connectivity index (χ3n) is 2.36. The lowest BCUT2D eigenvalue weighted by Crippen LogP contribution is -1.95. The van der Waals surface area contributed by atoms with E-state index in [0.717, 1.165) is 12.1 Å². The molecule has 0 amide bonds. The largest absolute Gasteiger partial charge is 0.220 e.